The molecule has 2 aromatic rings. The van der Waals surface area contributed by atoms with Crippen molar-refractivity contribution in [3.05, 3.63) is 41.6 Å². The molecule has 0 saturated carbocycles. The Bertz CT molecular complexity index is 621. The molecule has 6 heteroatoms. The average molecular weight is 283 g/mol. The summed E-state index contributed by atoms with van der Waals surface area (Å²) in [6.07, 6.45) is 0. The van der Waals surface area contributed by atoms with Crippen molar-refractivity contribution in [2.45, 2.75) is 0 Å². The summed E-state index contributed by atoms with van der Waals surface area (Å²) < 4.78 is 1.42. The number of aryl methyl sites for hydroxylation is 1. The van der Waals surface area contributed by atoms with Crippen LogP contribution in [-0.2, 0) is 7.05 Å². The highest BCUT2D eigenvalue weighted by atomic mass is 35.5. The predicted octanol–water partition coefficient (Wildman–Crippen LogP) is 2.85. The first-order valence-electron chi connectivity index (χ1n) is 5.04. The van der Waals surface area contributed by atoms with E-state index in [-0.39, 0.29) is 11.3 Å². The third-order valence-electron chi connectivity index (χ3n) is 2.48. The van der Waals surface area contributed by atoms with E-state index in [0.717, 1.165) is 5.56 Å². The number of carbonyl (C=O) groups excluding carboxylic acids is 2. The van der Waals surface area contributed by atoms with Crippen molar-refractivity contribution in [3.8, 4) is 11.3 Å². The lowest BCUT2D eigenvalue weighted by Gasteiger charge is -2.03. The van der Waals surface area contributed by atoms with Crippen LogP contribution in [0.3, 0.4) is 0 Å². The molecule has 18 heavy (non-hydrogen) atoms. The Balaban J connectivity index is 2.75. The van der Waals surface area contributed by atoms with Crippen LogP contribution >= 0.6 is 23.2 Å². The van der Waals surface area contributed by atoms with Crippen LogP contribution in [-0.4, -0.2) is 20.3 Å². The Morgan fingerprint density at radius 3 is 2.22 bits per heavy atom. The first kappa shape index (κ1) is 12.8. The van der Waals surface area contributed by atoms with E-state index in [1.807, 2.05) is 18.2 Å². The normalized spacial score (nSPS) is 10.4. The highest BCUT2D eigenvalue weighted by Crippen LogP contribution is 2.27. The number of nitrogens with zero attached hydrogens (tertiary/aromatic N) is 2. The summed E-state index contributed by atoms with van der Waals surface area (Å²) in [4.78, 5) is 22.7. The number of carbonyl (C=O) groups is 2. The number of benzene rings is 1. The fraction of sp³-hybridized carbons (Fsp3) is 0.0833. The van der Waals surface area contributed by atoms with Crippen LogP contribution in [0.1, 0.15) is 20.8 Å². The van der Waals surface area contributed by atoms with Gasteiger partial charge in [-0.3, -0.25) is 14.3 Å². The molecule has 0 unspecified atom stereocenters. The first-order chi connectivity index (χ1) is 8.52. The molecule has 4 nitrogen and oxygen atoms in total. The minimum atomic E-state index is -0.809. The molecule has 0 bridgehead atoms. The fourth-order valence-electron chi connectivity index (χ4n) is 1.77. The summed E-state index contributed by atoms with van der Waals surface area (Å²) >= 11 is 10.9. The summed E-state index contributed by atoms with van der Waals surface area (Å²) in [5, 5.41) is 2.37. The van der Waals surface area contributed by atoms with Gasteiger partial charge in [-0.25, -0.2) is 0 Å². The second-order valence-electron chi connectivity index (χ2n) is 3.61. The molecule has 0 atom stereocenters. The largest absolute Gasteiger partial charge is 0.275 e. The third kappa shape index (κ3) is 2.17. The maximum atomic E-state index is 11.5. The molecule has 0 saturated heterocycles. The Morgan fingerprint density at radius 2 is 1.72 bits per heavy atom. The summed E-state index contributed by atoms with van der Waals surface area (Å²) in [6, 6.07) is 9.06. The van der Waals surface area contributed by atoms with Gasteiger partial charge in [-0.15, -0.1) is 0 Å². The quantitative estimate of drug-likeness (QED) is 0.814. The molecule has 1 aromatic carbocycles. The molecule has 0 N–H and O–H groups in total. The maximum Gasteiger partial charge on any atom is 0.273 e. The molecule has 2 rings (SSSR count). The van der Waals surface area contributed by atoms with Crippen LogP contribution in [0.5, 0.6) is 0 Å². The Morgan fingerprint density at radius 1 is 1.11 bits per heavy atom. The van der Waals surface area contributed by atoms with Crippen molar-refractivity contribution in [3.63, 3.8) is 0 Å². The maximum absolute atomic E-state index is 11.5. The van der Waals surface area contributed by atoms with Gasteiger partial charge in [0.15, 0.2) is 5.69 Å². The van der Waals surface area contributed by atoms with Crippen molar-refractivity contribution in [2.75, 3.05) is 0 Å². The van der Waals surface area contributed by atoms with E-state index < -0.39 is 10.5 Å². The second kappa shape index (κ2) is 4.92. The van der Waals surface area contributed by atoms with Gasteiger partial charge < -0.3 is 0 Å². The Hall–Kier alpha value is -1.65. The SMILES string of the molecule is Cn1nc(C(=O)Cl)c(C(=O)Cl)c1-c1ccccc1. The van der Waals surface area contributed by atoms with Crippen molar-refractivity contribution in [1.29, 1.82) is 0 Å². The topological polar surface area (TPSA) is 52.0 Å². The first-order valence-corrected chi connectivity index (χ1v) is 5.80. The lowest BCUT2D eigenvalue weighted by Crippen LogP contribution is -1.99. The molecule has 1 aromatic heterocycles. The number of aromatic nitrogens is 2. The van der Waals surface area contributed by atoms with Gasteiger partial charge in [-0.2, -0.15) is 5.10 Å². The zero-order chi connectivity index (χ0) is 13.3. The van der Waals surface area contributed by atoms with Gasteiger partial charge in [0.2, 0.25) is 0 Å². The number of rotatable bonds is 3. The number of hydrogen-bond acceptors (Lipinski definition) is 3. The Kier molecular flexibility index (Phi) is 3.50. The highest BCUT2D eigenvalue weighted by molar-refractivity contribution is 6.72. The van der Waals surface area contributed by atoms with Crippen molar-refractivity contribution in [1.82, 2.24) is 9.78 Å². The standard InChI is InChI=1S/C12H8Cl2N2O2/c1-16-10(7-5-3-2-4-6-7)8(11(13)17)9(15-16)12(14)18/h2-6H,1H3. The van der Waals surface area contributed by atoms with E-state index in [0.29, 0.717) is 5.69 Å². The monoisotopic (exact) mass is 282 g/mol. The smallest absolute Gasteiger partial charge is 0.273 e. The van der Waals surface area contributed by atoms with Crippen LogP contribution < -0.4 is 0 Å². The Labute approximate surface area is 113 Å². The molecular formula is C12H8Cl2N2O2. The number of halogens is 2. The molecule has 0 spiro atoms. The van der Waals surface area contributed by atoms with E-state index in [1.165, 1.54) is 4.68 Å². The molecule has 0 aliphatic heterocycles. The van der Waals surface area contributed by atoms with E-state index in [2.05, 4.69) is 5.10 Å². The third-order valence-corrected chi connectivity index (χ3v) is 2.85. The van der Waals surface area contributed by atoms with Gasteiger partial charge in [0.05, 0.1) is 11.3 Å². The van der Waals surface area contributed by atoms with Gasteiger partial charge in [0, 0.05) is 12.6 Å². The zero-order valence-corrected chi connectivity index (χ0v) is 10.9. The van der Waals surface area contributed by atoms with Gasteiger partial charge in [-0.1, -0.05) is 30.3 Å². The molecular weight excluding hydrogens is 275 g/mol. The van der Waals surface area contributed by atoms with Crippen molar-refractivity contribution < 1.29 is 9.59 Å². The van der Waals surface area contributed by atoms with E-state index in [9.17, 15) is 9.59 Å². The van der Waals surface area contributed by atoms with Crippen LogP contribution in [0.15, 0.2) is 30.3 Å². The van der Waals surface area contributed by atoms with Crippen LogP contribution in [0.25, 0.3) is 11.3 Å². The molecule has 0 amide bonds. The van der Waals surface area contributed by atoms with Gasteiger partial charge >= 0.3 is 0 Å². The molecule has 0 radical (unpaired) electrons. The van der Waals surface area contributed by atoms with E-state index in [1.54, 1.807) is 19.2 Å². The van der Waals surface area contributed by atoms with Crippen LogP contribution in [0.2, 0.25) is 0 Å². The van der Waals surface area contributed by atoms with Crippen LogP contribution in [0.4, 0.5) is 0 Å². The van der Waals surface area contributed by atoms with Crippen LogP contribution in [0, 0.1) is 0 Å². The second-order valence-corrected chi connectivity index (χ2v) is 4.30. The van der Waals surface area contributed by atoms with Gasteiger partial charge in [0.25, 0.3) is 10.5 Å². The van der Waals surface area contributed by atoms with E-state index in [4.69, 9.17) is 23.2 Å². The van der Waals surface area contributed by atoms with Crippen molar-refractivity contribution in [2.24, 2.45) is 7.05 Å². The molecule has 0 fully saturated rings. The predicted molar refractivity (Wildman–Crippen MR) is 69.0 cm³/mol. The van der Waals surface area contributed by atoms with E-state index >= 15 is 0 Å². The van der Waals surface area contributed by atoms with Gasteiger partial charge in [0.1, 0.15) is 0 Å². The fourth-order valence-corrected chi connectivity index (χ4v) is 2.09. The zero-order valence-electron chi connectivity index (χ0n) is 9.35. The summed E-state index contributed by atoms with van der Waals surface area (Å²) in [6.45, 7) is 0. The lowest BCUT2D eigenvalue weighted by molar-refractivity contribution is 0.105. The molecule has 1 heterocycles. The summed E-state index contributed by atoms with van der Waals surface area (Å²) in [5.41, 5.74) is 1.11. The minimum absolute atomic E-state index is 0.0327. The average Bonchev–Trinajstić information content (AvgIpc) is 2.68. The molecule has 92 valence electrons. The van der Waals surface area contributed by atoms with Gasteiger partial charge in [-0.05, 0) is 23.2 Å². The minimum Gasteiger partial charge on any atom is -0.275 e. The number of hydrogen-bond donors (Lipinski definition) is 0. The summed E-state index contributed by atoms with van der Waals surface area (Å²) in [7, 11) is 1.62. The molecule has 0 aliphatic carbocycles. The molecule has 0 aliphatic rings. The highest BCUT2D eigenvalue weighted by Gasteiger charge is 2.25. The summed E-state index contributed by atoms with van der Waals surface area (Å²) in [5.74, 6) is 0. The van der Waals surface area contributed by atoms with Crippen molar-refractivity contribution >= 4 is 33.7 Å². The lowest BCUT2D eigenvalue weighted by atomic mass is 10.1.